The Hall–Kier alpha value is -1.12. The van der Waals surface area contributed by atoms with Gasteiger partial charge in [0.1, 0.15) is 0 Å². The highest BCUT2D eigenvalue weighted by molar-refractivity contribution is 5.14. The lowest BCUT2D eigenvalue weighted by molar-refractivity contribution is 0.186. The van der Waals surface area contributed by atoms with Crippen molar-refractivity contribution in [2.75, 3.05) is 19.6 Å². The molecule has 2 rings (SSSR count). The molecule has 1 atom stereocenters. The minimum Gasteiger partial charge on any atom is -0.309 e. The molecule has 18 heavy (non-hydrogen) atoms. The molecule has 1 aliphatic rings. The van der Waals surface area contributed by atoms with Crippen LogP contribution in [0.5, 0.6) is 0 Å². The zero-order valence-electron chi connectivity index (χ0n) is 11.3. The molecule has 1 unspecified atom stereocenters. The Kier molecular flexibility index (Phi) is 5.43. The van der Waals surface area contributed by atoms with Gasteiger partial charge in [-0.3, -0.25) is 4.90 Å². The molecule has 1 aliphatic heterocycles. The van der Waals surface area contributed by atoms with Crippen LogP contribution in [0.3, 0.4) is 0 Å². The van der Waals surface area contributed by atoms with Crippen molar-refractivity contribution in [1.82, 2.24) is 10.2 Å². The topological polar surface area (TPSA) is 15.3 Å². The van der Waals surface area contributed by atoms with Crippen LogP contribution in [0.2, 0.25) is 0 Å². The van der Waals surface area contributed by atoms with Crippen LogP contribution in [0.4, 0.5) is 0 Å². The Bertz CT molecular complexity index is 359. The van der Waals surface area contributed by atoms with Gasteiger partial charge in [0, 0.05) is 25.7 Å². The van der Waals surface area contributed by atoms with Gasteiger partial charge in [0.25, 0.3) is 0 Å². The number of hydrogen-bond acceptors (Lipinski definition) is 2. The fourth-order valence-electron chi connectivity index (χ4n) is 2.56. The molecule has 0 radical (unpaired) electrons. The summed E-state index contributed by atoms with van der Waals surface area (Å²) in [7, 11) is 0. The standard InChI is InChI=1S/C16H24N2/c1-2-3-11-17-16-10-7-12-18(14-16)13-15-8-5-4-6-9-15/h2-6,8-9,16-17H,7,10-14H2,1H3/b3-2+. The summed E-state index contributed by atoms with van der Waals surface area (Å²) in [4.78, 5) is 2.56. The first-order chi connectivity index (χ1) is 8.88. The Morgan fingerprint density at radius 3 is 2.94 bits per heavy atom. The average molecular weight is 244 g/mol. The molecule has 1 aromatic rings. The average Bonchev–Trinajstić information content (AvgIpc) is 2.41. The first-order valence-corrected chi connectivity index (χ1v) is 6.99. The predicted molar refractivity (Wildman–Crippen MR) is 77.6 cm³/mol. The van der Waals surface area contributed by atoms with E-state index in [-0.39, 0.29) is 0 Å². The first kappa shape index (κ1) is 13.3. The fraction of sp³-hybridized carbons (Fsp3) is 0.500. The van der Waals surface area contributed by atoms with Crippen LogP contribution >= 0.6 is 0 Å². The molecular weight excluding hydrogens is 220 g/mol. The highest BCUT2D eigenvalue weighted by Crippen LogP contribution is 2.13. The molecule has 2 heteroatoms. The van der Waals surface area contributed by atoms with Gasteiger partial charge in [0.2, 0.25) is 0 Å². The molecule has 1 fully saturated rings. The van der Waals surface area contributed by atoms with Crippen molar-refractivity contribution in [2.45, 2.75) is 32.4 Å². The third-order valence-electron chi connectivity index (χ3n) is 3.51. The number of hydrogen-bond donors (Lipinski definition) is 1. The van der Waals surface area contributed by atoms with E-state index in [4.69, 9.17) is 0 Å². The van der Waals surface area contributed by atoms with Crippen LogP contribution in [0.1, 0.15) is 25.3 Å². The molecular formula is C16H24N2. The van der Waals surface area contributed by atoms with E-state index in [1.807, 2.05) is 0 Å². The smallest absolute Gasteiger partial charge is 0.0234 e. The van der Waals surface area contributed by atoms with Gasteiger partial charge in [-0.25, -0.2) is 0 Å². The SMILES string of the molecule is C/C=C/CNC1CCCN(Cc2ccccc2)C1. The van der Waals surface area contributed by atoms with Gasteiger partial charge in [-0.2, -0.15) is 0 Å². The maximum absolute atomic E-state index is 3.61. The molecule has 0 aliphatic carbocycles. The second-order valence-corrected chi connectivity index (χ2v) is 5.04. The van der Waals surface area contributed by atoms with E-state index in [0.717, 1.165) is 13.1 Å². The van der Waals surface area contributed by atoms with Crippen molar-refractivity contribution in [3.05, 3.63) is 48.0 Å². The van der Waals surface area contributed by atoms with Gasteiger partial charge in [0.15, 0.2) is 0 Å². The molecule has 0 amide bonds. The highest BCUT2D eigenvalue weighted by atomic mass is 15.2. The summed E-state index contributed by atoms with van der Waals surface area (Å²) in [5.41, 5.74) is 1.42. The van der Waals surface area contributed by atoms with Crippen molar-refractivity contribution in [3.63, 3.8) is 0 Å². The molecule has 1 heterocycles. The quantitative estimate of drug-likeness (QED) is 0.801. The van der Waals surface area contributed by atoms with E-state index in [1.54, 1.807) is 0 Å². The van der Waals surface area contributed by atoms with Crippen molar-refractivity contribution in [2.24, 2.45) is 0 Å². The maximum Gasteiger partial charge on any atom is 0.0234 e. The number of likely N-dealkylation sites (tertiary alicyclic amines) is 1. The summed E-state index contributed by atoms with van der Waals surface area (Å²) in [6, 6.07) is 11.4. The Balaban J connectivity index is 1.79. The van der Waals surface area contributed by atoms with Crippen LogP contribution in [0, 0.1) is 0 Å². The van der Waals surface area contributed by atoms with Crippen molar-refractivity contribution >= 4 is 0 Å². The second-order valence-electron chi connectivity index (χ2n) is 5.04. The Labute approximate surface area is 111 Å². The van der Waals surface area contributed by atoms with Crippen molar-refractivity contribution in [1.29, 1.82) is 0 Å². The molecule has 1 aromatic carbocycles. The monoisotopic (exact) mass is 244 g/mol. The van der Waals surface area contributed by atoms with E-state index >= 15 is 0 Å². The molecule has 1 saturated heterocycles. The van der Waals surface area contributed by atoms with Crippen molar-refractivity contribution < 1.29 is 0 Å². The molecule has 0 aromatic heterocycles. The normalized spacial score (nSPS) is 21.5. The molecule has 0 spiro atoms. The van der Waals surface area contributed by atoms with E-state index in [0.29, 0.717) is 6.04 Å². The lowest BCUT2D eigenvalue weighted by Crippen LogP contribution is -2.45. The number of piperidine rings is 1. The summed E-state index contributed by atoms with van der Waals surface area (Å²) >= 11 is 0. The summed E-state index contributed by atoms with van der Waals surface area (Å²) in [5.74, 6) is 0. The van der Waals surface area contributed by atoms with Gasteiger partial charge in [-0.1, -0.05) is 42.5 Å². The number of allylic oxidation sites excluding steroid dienone is 1. The molecule has 98 valence electrons. The summed E-state index contributed by atoms with van der Waals surface area (Å²) in [6.45, 7) is 6.57. The maximum atomic E-state index is 3.61. The molecule has 2 nitrogen and oxygen atoms in total. The minimum absolute atomic E-state index is 0.652. The van der Waals surface area contributed by atoms with E-state index < -0.39 is 0 Å². The fourth-order valence-corrected chi connectivity index (χ4v) is 2.56. The van der Waals surface area contributed by atoms with Crippen LogP contribution in [-0.4, -0.2) is 30.6 Å². The van der Waals surface area contributed by atoms with Gasteiger partial charge in [-0.05, 0) is 31.9 Å². The first-order valence-electron chi connectivity index (χ1n) is 6.99. The zero-order chi connectivity index (χ0) is 12.6. The molecule has 0 saturated carbocycles. The summed E-state index contributed by atoms with van der Waals surface area (Å²) in [5, 5.41) is 3.61. The zero-order valence-corrected chi connectivity index (χ0v) is 11.3. The number of nitrogens with zero attached hydrogens (tertiary/aromatic N) is 1. The van der Waals surface area contributed by atoms with Gasteiger partial charge >= 0.3 is 0 Å². The predicted octanol–water partition coefficient (Wildman–Crippen LogP) is 2.82. The number of rotatable bonds is 5. The van der Waals surface area contributed by atoms with Crippen LogP contribution < -0.4 is 5.32 Å². The van der Waals surface area contributed by atoms with E-state index in [9.17, 15) is 0 Å². The minimum atomic E-state index is 0.652. The largest absolute Gasteiger partial charge is 0.309 e. The van der Waals surface area contributed by atoms with Crippen LogP contribution in [0.25, 0.3) is 0 Å². The lowest BCUT2D eigenvalue weighted by Gasteiger charge is -2.33. The van der Waals surface area contributed by atoms with Gasteiger partial charge in [0.05, 0.1) is 0 Å². The van der Waals surface area contributed by atoms with Crippen LogP contribution in [0.15, 0.2) is 42.5 Å². The summed E-state index contributed by atoms with van der Waals surface area (Å²) < 4.78 is 0. The van der Waals surface area contributed by atoms with Gasteiger partial charge in [-0.15, -0.1) is 0 Å². The molecule has 1 N–H and O–H groups in total. The number of benzene rings is 1. The Morgan fingerprint density at radius 2 is 2.17 bits per heavy atom. The van der Waals surface area contributed by atoms with Crippen molar-refractivity contribution in [3.8, 4) is 0 Å². The molecule has 0 bridgehead atoms. The second kappa shape index (κ2) is 7.34. The van der Waals surface area contributed by atoms with Crippen LogP contribution in [-0.2, 0) is 6.54 Å². The van der Waals surface area contributed by atoms with Gasteiger partial charge < -0.3 is 5.32 Å². The van der Waals surface area contributed by atoms with E-state index in [2.05, 4.69) is 59.6 Å². The van der Waals surface area contributed by atoms with E-state index in [1.165, 1.54) is 31.5 Å². The highest BCUT2D eigenvalue weighted by Gasteiger charge is 2.18. The third kappa shape index (κ3) is 4.28. The lowest BCUT2D eigenvalue weighted by atomic mass is 10.0. The number of nitrogens with one attached hydrogen (secondary N) is 1. The summed E-state index contributed by atoms with van der Waals surface area (Å²) in [6.07, 6.45) is 6.91. The third-order valence-corrected chi connectivity index (χ3v) is 3.51. The Morgan fingerprint density at radius 1 is 1.33 bits per heavy atom.